The van der Waals surface area contributed by atoms with Crippen LogP contribution in [0.3, 0.4) is 0 Å². The van der Waals surface area contributed by atoms with E-state index in [0.29, 0.717) is 24.9 Å². The van der Waals surface area contributed by atoms with Crippen molar-refractivity contribution < 1.29 is 14.6 Å². The van der Waals surface area contributed by atoms with Gasteiger partial charge in [-0.05, 0) is 6.07 Å². The summed E-state index contributed by atoms with van der Waals surface area (Å²) < 4.78 is 12.6. The minimum absolute atomic E-state index is 0.200. The van der Waals surface area contributed by atoms with E-state index in [4.69, 9.17) is 14.6 Å². The molecule has 2 aliphatic heterocycles. The van der Waals surface area contributed by atoms with Gasteiger partial charge in [-0.2, -0.15) is 5.10 Å². The van der Waals surface area contributed by atoms with E-state index in [1.165, 1.54) is 0 Å². The van der Waals surface area contributed by atoms with Crippen LogP contribution in [0.25, 0.3) is 11.4 Å². The van der Waals surface area contributed by atoms with Gasteiger partial charge in [0.2, 0.25) is 0 Å². The minimum Gasteiger partial charge on any atom is -0.393 e. The molecule has 2 aromatic heterocycles. The van der Waals surface area contributed by atoms with Crippen molar-refractivity contribution in [2.24, 2.45) is 5.92 Å². The minimum atomic E-state index is -0.601. The fraction of sp³-hybridized carbons (Fsp3) is 0.409. The molecule has 0 aromatic carbocycles. The van der Waals surface area contributed by atoms with E-state index in [2.05, 4.69) is 44.5 Å². The van der Waals surface area contributed by atoms with Gasteiger partial charge >= 0.3 is 0 Å². The van der Waals surface area contributed by atoms with E-state index in [1.54, 1.807) is 11.8 Å². The molecule has 0 spiro atoms. The number of rotatable bonds is 6. The lowest BCUT2D eigenvalue weighted by molar-refractivity contribution is 0.0422. The number of aromatic nitrogens is 4. The monoisotopic (exact) mass is 422 g/mol. The zero-order chi connectivity index (χ0) is 21.2. The molecule has 2 unspecified atom stereocenters. The number of morpholine rings is 1. The first-order chi connectivity index (χ1) is 15.3. The molecule has 0 radical (unpaired) electrons. The Morgan fingerprint density at radius 3 is 2.84 bits per heavy atom. The van der Waals surface area contributed by atoms with Crippen molar-refractivity contribution >= 4 is 11.4 Å². The van der Waals surface area contributed by atoms with Gasteiger partial charge in [-0.1, -0.05) is 24.3 Å². The van der Waals surface area contributed by atoms with Crippen molar-refractivity contribution in [3.8, 4) is 5.82 Å². The maximum atomic E-state index is 9.71. The lowest BCUT2D eigenvalue weighted by Crippen LogP contribution is -2.37. The molecule has 1 aliphatic carbocycles. The molecule has 3 aliphatic rings. The fourth-order valence-corrected chi connectivity index (χ4v) is 4.11. The Hall–Kier alpha value is -3.01. The number of hydrogen-bond donors (Lipinski definition) is 2. The van der Waals surface area contributed by atoms with Gasteiger partial charge in [0, 0.05) is 50.2 Å². The number of nitrogens with one attached hydrogen (secondary N) is 1. The molecule has 162 valence electrons. The van der Waals surface area contributed by atoms with Crippen LogP contribution < -0.4 is 10.2 Å². The normalized spacial score (nSPS) is 23.4. The third kappa shape index (κ3) is 3.87. The Balaban J connectivity index is 1.49. The van der Waals surface area contributed by atoms with Gasteiger partial charge in [0.15, 0.2) is 11.6 Å². The van der Waals surface area contributed by atoms with Crippen LogP contribution in [0.15, 0.2) is 48.8 Å². The first kappa shape index (κ1) is 19.9. The van der Waals surface area contributed by atoms with Crippen molar-refractivity contribution in [2.45, 2.75) is 12.1 Å². The van der Waals surface area contributed by atoms with Crippen molar-refractivity contribution in [2.75, 3.05) is 44.9 Å². The van der Waals surface area contributed by atoms with Gasteiger partial charge in [0.05, 0.1) is 31.6 Å². The quantitative estimate of drug-likeness (QED) is 0.718. The Kier molecular flexibility index (Phi) is 5.54. The van der Waals surface area contributed by atoms with Crippen LogP contribution >= 0.6 is 0 Å². The summed E-state index contributed by atoms with van der Waals surface area (Å²) >= 11 is 0. The van der Waals surface area contributed by atoms with Gasteiger partial charge in [0.25, 0.3) is 0 Å². The second-order valence-corrected chi connectivity index (χ2v) is 7.68. The lowest BCUT2D eigenvalue weighted by atomic mass is 9.90. The summed E-state index contributed by atoms with van der Waals surface area (Å²) in [5.41, 5.74) is 2.05. The molecule has 0 bridgehead atoms. The van der Waals surface area contributed by atoms with Crippen molar-refractivity contribution in [3.63, 3.8) is 0 Å². The molecule has 1 fully saturated rings. The second kappa shape index (κ2) is 8.62. The number of aliphatic hydroxyl groups excluding tert-OH is 1. The topological polar surface area (TPSA) is 97.6 Å². The predicted octanol–water partition coefficient (Wildman–Crippen LogP) is 1.23. The van der Waals surface area contributed by atoms with Crippen LogP contribution in [0.2, 0.25) is 0 Å². The lowest BCUT2D eigenvalue weighted by Gasteiger charge is -2.28. The molecule has 0 amide bonds. The van der Waals surface area contributed by atoms with E-state index in [9.17, 15) is 5.11 Å². The van der Waals surface area contributed by atoms with Gasteiger partial charge in [-0.3, -0.25) is 0 Å². The van der Waals surface area contributed by atoms with Gasteiger partial charge in [0.1, 0.15) is 11.9 Å². The van der Waals surface area contributed by atoms with E-state index in [1.807, 2.05) is 24.5 Å². The molecular formula is C22H26N6O3. The number of fused-ring (bicyclic) bond motifs is 1. The predicted molar refractivity (Wildman–Crippen MR) is 116 cm³/mol. The summed E-state index contributed by atoms with van der Waals surface area (Å²) in [5, 5.41) is 17.9. The van der Waals surface area contributed by atoms with Crippen LogP contribution in [0.4, 0.5) is 5.82 Å². The van der Waals surface area contributed by atoms with Gasteiger partial charge < -0.3 is 24.8 Å². The average Bonchev–Trinajstić information content (AvgIpc) is 3.48. The smallest absolute Gasteiger partial charge is 0.164 e. The Morgan fingerprint density at radius 2 is 2.03 bits per heavy atom. The standard InChI is InChI=1S/C22H26N6O3/c1-30-19(14-29)22-24-20(27-8-10-31-11-9-27)12-21(25-22)28-7-6-18(26-28)16-13-23-17-5-3-2-4-15(16)17/h2-7,12-13,15,17,19,23,29H,8-11,14H2,1H3/t15?,17?,19-/m1/s1. The highest BCUT2D eigenvalue weighted by Gasteiger charge is 2.29. The third-order valence-electron chi connectivity index (χ3n) is 5.83. The maximum absolute atomic E-state index is 9.71. The van der Waals surface area contributed by atoms with Gasteiger partial charge in [-0.15, -0.1) is 0 Å². The van der Waals surface area contributed by atoms with Crippen molar-refractivity contribution in [1.29, 1.82) is 0 Å². The molecule has 9 nitrogen and oxygen atoms in total. The second-order valence-electron chi connectivity index (χ2n) is 7.68. The molecule has 0 saturated carbocycles. The summed E-state index contributed by atoms with van der Waals surface area (Å²) in [5.74, 6) is 2.11. The zero-order valence-electron chi connectivity index (χ0n) is 17.4. The molecule has 9 heteroatoms. The number of ether oxygens (including phenoxy) is 2. The fourth-order valence-electron chi connectivity index (χ4n) is 4.11. The summed E-state index contributed by atoms with van der Waals surface area (Å²) in [7, 11) is 1.54. The van der Waals surface area contributed by atoms with Crippen molar-refractivity contribution in [1.82, 2.24) is 25.1 Å². The molecule has 31 heavy (non-hydrogen) atoms. The number of allylic oxidation sites excluding steroid dienone is 2. The molecule has 4 heterocycles. The van der Waals surface area contributed by atoms with Crippen molar-refractivity contribution in [3.05, 3.63) is 60.4 Å². The number of nitrogens with zero attached hydrogens (tertiary/aromatic N) is 5. The number of anilines is 1. The van der Waals surface area contributed by atoms with Crippen LogP contribution in [0.5, 0.6) is 0 Å². The largest absolute Gasteiger partial charge is 0.393 e. The van der Waals surface area contributed by atoms with Crippen LogP contribution in [0, 0.1) is 5.92 Å². The van der Waals surface area contributed by atoms with E-state index < -0.39 is 6.10 Å². The third-order valence-corrected chi connectivity index (χ3v) is 5.83. The van der Waals surface area contributed by atoms with E-state index in [0.717, 1.165) is 30.2 Å². The Bertz CT molecular complexity index is 1020. The summed E-state index contributed by atoms with van der Waals surface area (Å²) in [6.45, 7) is 2.60. The molecule has 2 aromatic rings. The molecule has 1 saturated heterocycles. The number of hydrogen-bond acceptors (Lipinski definition) is 8. The van der Waals surface area contributed by atoms with E-state index in [-0.39, 0.29) is 18.6 Å². The zero-order valence-corrected chi connectivity index (χ0v) is 17.4. The van der Waals surface area contributed by atoms with Crippen LogP contribution in [0.1, 0.15) is 17.6 Å². The molecule has 2 N–H and O–H groups in total. The summed E-state index contributed by atoms with van der Waals surface area (Å²) in [6, 6.07) is 4.19. The first-order valence-electron chi connectivity index (χ1n) is 10.5. The highest BCUT2D eigenvalue weighted by molar-refractivity contribution is 5.70. The maximum Gasteiger partial charge on any atom is 0.164 e. The molecule has 5 rings (SSSR count). The Morgan fingerprint density at radius 1 is 1.23 bits per heavy atom. The average molecular weight is 422 g/mol. The first-order valence-corrected chi connectivity index (χ1v) is 10.5. The molecule has 3 atom stereocenters. The van der Waals surface area contributed by atoms with Crippen LogP contribution in [-0.2, 0) is 9.47 Å². The molecular weight excluding hydrogens is 396 g/mol. The summed E-state index contributed by atoms with van der Waals surface area (Å²) in [6.07, 6.45) is 11.8. The van der Waals surface area contributed by atoms with E-state index >= 15 is 0 Å². The van der Waals surface area contributed by atoms with Crippen LogP contribution in [-0.4, -0.2) is 70.9 Å². The van der Waals surface area contributed by atoms with Gasteiger partial charge in [-0.25, -0.2) is 14.6 Å². The number of methoxy groups -OCH3 is 1. The Labute approximate surface area is 180 Å². The number of aliphatic hydroxyl groups is 1. The SMILES string of the molecule is CO[C@H](CO)c1nc(N2CCOCC2)cc(-n2ccc(C3=CNC4C=CC=CC34)n2)n1. The highest BCUT2D eigenvalue weighted by Crippen LogP contribution is 2.33. The summed E-state index contributed by atoms with van der Waals surface area (Å²) in [4.78, 5) is 11.5. The highest BCUT2D eigenvalue weighted by atomic mass is 16.5.